The zero-order chi connectivity index (χ0) is 24.1. The second-order valence-corrected chi connectivity index (χ2v) is 8.14. The Labute approximate surface area is 192 Å². The van der Waals surface area contributed by atoms with Crippen LogP contribution >= 0.6 is 0 Å². The molecule has 3 aliphatic heterocycles. The van der Waals surface area contributed by atoms with E-state index in [0.29, 0.717) is 0 Å². The Morgan fingerprint density at radius 2 is 1.79 bits per heavy atom. The average molecular weight is 458 g/mol. The quantitative estimate of drug-likeness (QED) is 0.299. The van der Waals surface area contributed by atoms with Crippen LogP contribution < -0.4 is 4.90 Å². The fourth-order valence-corrected chi connectivity index (χ4v) is 4.91. The van der Waals surface area contributed by atoms with E-state index in [1.165, 1.54) is 48.7 Å². The summed E-state index contributed by atoms with van der Waals surface area (Å²) in [5, 5.41) is 20.5. The molecule has 0 saturated carbocycles. The zero-order valence-electron chi connectivity index (χ0n) is 17.4. The minimum absolute atomic E-state index is 0.0301. The lowest BCUT2D eigenvalue weighted by Gasteiger charge is -2.32. The van der Waals surface area contributed by atoms with Crippen LogP contribution in [0.25, 0.3) is 0 Å². The number of hydrogen-bond acceptors (Lipinski definition) is 7. The van der Waals surface area contributed by atoms with Crippen LogP contribution in [0.15, 0.2) is 72.5 Å². The number of anilines is 1. The third-order valence-corrected chi connectivity index (χ3v) is 6.37. The molecule has 9 nitrogen and oxygen atoms in total. The van der Waals surface area contributed by atoms with Gasteiger partial charge in [-0.2, -0.15) is 5.26 Å². The SMILES string of the molecule is N#CC1=CC2C3C(=O)N(c4ccc(F)cc4)C(=O)C3C(C(=O)c3cccc([N+](=O)[O-])c3)N2C=C1. The topological polar surface area (TPSA) is 125 Å². The number of nitrogens with zero attached hydrogens (tertiary/aromatic N) is 4. The van der Waals surface area contributed by atoms with Crippen molar-refractivity contribution in [2.75, 3.05) is 4.90 Å². The summed E-state index contributed by atoms with van der Waals surface area (Å²) < 4.78 is 13.4. The van der Waals surface area contributed by atoms with Gasteiger partial charge in [0.25, 0.3) is 5.69 Å². The van der Waals surface area contributed by atoms with Crippen molar-refractivity contribution >= 4 is 29.0 Å². The zero-order valence-corrected chi connectivity index (χ0v) is 17.4. The monoisotopic (exact) mass is 458 g/mol. The molecule has 5 rings (SSSR count). The number of Topliss-reactive ketones (excluding diaryl/α,β-unsaturated/α-hetero) is 1. The van der Waals surface area contributed by atoms with E-state index in [0.717, 1.165) is 23.1 Å². The van der Waals surface area contributed by atoms with Gasteiger partial charge in [-0.15, -0.1) is 0 Å². The van der Waals surface area contributed by atoms with Crippen LogP contribution in [-0.2, 0) is 9.59 Å². The van der Waals surface area contributed by atoms with Crippen LogP contribution in [0.3, 0.4) is 0 Å². The summed E-state index contributed by atoms with van der Waals surface area (Å²) in [7, 11) is 0. The molecule has 10 heteroatoms. The third kappa shape index (κ3) is 3.09. The smallest absolute Gasteiger partial charge is 0.270 e. The number of allylic oxidation sites excluding steroid dienone is 2. The van der Waals surface area contributed by atoms with Gasteiger partial charge in [-0.25, -0.2) is 9.29 Å². The predicted octanol–water partition coefficient (Wildman–Crippen LogP) is 2.75. The molecular formula is C24H15FN4O5. The lowest BCUT2D eigenvalue weighted by atomic mass is 9.86. The van der Waals surface area contributed by atoms with E-state index in [4.69, 9.17) is 0 Å². The van der Waals surface area contributed by atoms with Crippen molar-refractivity contribution in [3.63, 3.8) is 0 Å². The second-order valence-electron chi connectivity index (χ2n) is 8.14. The Hall–Kier alpha value is -4.65. The first-order chi connectivity index (χ1) is 16.3. The molecule has 0 spiro atoms. The molecule has 2 amide bonds. The van der Waals surface area contributed by atoms with E-state index in [1.54, 1.807) is 4.90 Å². The molecule has 0 N–H and O–H groups in total. The second kappa shape index (κ2) is 7.74. The Morgan fingerprint density at radius 1 is 1.09 bits per heavy atom. The summed E-state index contributed by atoms with van der Waals surface area (Å²) in [4.78, 5) is 53.6. The molecule has 34 heavy (non-hydrogen) atoms. The van der Waals surface area contributed by atoms with Gasteiger partial charge in [-0.1, -0.05) is 12.1 Å². The molecule has 0 aromatic heterocycles. The van der Waals surface area contributed by atoms with Gasteiger partial charge >= 0.3 is 0 Å². The molecular weight excluding hydrogens is 443 g/mol. The molecule has 3 heterocycles. The molecule has 3 aliphatic rings. The molecule has 4 atom stereocenters. The van der Waals surface area contributed by atoms with Crippen LogP contribution in [0.2, 0.25) is 0 Å². The van der Waals surface area contributed by atoms with E-state index >= 15 is 0 Å². The van der Waals surface area contributed by atoms with Crippen molar-refractivity contribution in [2.45, 2.75) is 12.1 Å². The Morgan fingerprint density at radius 3 is 2.47 bits per heavy atom. The molecule has 4 unspecified atom stereocenters. The fourth-order valence-electron chi connectivity index (χ4n) is 4.91. The number of ketones is 1. The van der Waals surface area contributed by atoms with Crippen LogP contribution in [0.5, 0.6) is 0 Å². The van der Waals surface area contributed by atoms with Crippen LogP contribution in [-0.4, -0.2) is 39.5 Å². The van der Waals surface area contributed by atoms with E-state index < -0.39 is 52.3 Å². The van der Waals surface area contributed by atoms with Crippen molar-refractivity contribution < 1.29 is 23.7 Å². The minimum Gasteiger partial charge on any atom is -0.359 e. The van der Waals surface area contributed by atoms with Crippen molar-refractivity contribution in [1.82, 2.24) is 4.90 Å². The lowest BCUT2D eigenvalue weighted by Crippen LogP contribution is -2.46. The number of carbonyl (C=O) groups excluding carboxylic acids is 3. The summed E-state index contributed by atoms with van der Waals surface area (Å²) in [6.45, 7) is 0. The number of hydrogen-bond donors (Lipinski definition) is 0. The van der Waals surface area contributed by atoms with Crippen LogP contribution in [0.1, 0.15) is 10.4 Å². The number of benzene rings is 2. The molecule has 2 saturated heterocycles. The summed E-state index contributed by atoms with van der Waals surface area (Å²) in [6, 6.07) is 10.2. The largest absolute Gasteiger partial charge is 0.359 e. The molecule has 168 valence electrons. The highest BCUT2D eigenvalue weighted by atomic mass is 19.1. The number of imide groups is 1. The number of nitriles is 1. The molecule has 0 aliphatic carbocycles. The maximum Gasteiger partial charge on any atom is 0.270 e. The average Bonchev–Trinajstić information content (AvgIpc) is 3.31. The van der Waals surface area contributed by atoms with Crippen molar-refractivity contribution in [3.8, 4) is 6.07 Å². The van der Waals surface area contributed by atoms with E-state index in [-0.39, 0.29) is 22.5 Å². The highest BCUT2D eigenvalue weighted by molar-refractivity contribution is 6.24. The Kier molecular flexibility index (Phi) is 4.83. The summed E-state index contributed by atoms with van der Waals surface area (Å²) >= 11 is 0. The number of amides is 2. The lowest BCUT2D eigenvalue weighted by molar-refractivity contribution is -0.384. The number of nitro groups is 1. The Bertz CT molecular complexity index is 1360. The third-order valence-electron chi connectivity index (χ3n) is 6.37. The van der Waals surface area contributed by atoms with E-state index in [1.807, 2.05) is 6.07 Å². The maximum atomic E-state index is 13.6. The van der Waals surface area contributed by atoms with Crippen molar-refractivity contribution in [2.24, 2.45) is 11.8 Å². The van der Waals surface area contributed by atoms with Gasteiger partial charge in [-0.3, -0.25) is 24.5 Å². The standard InChI is InChI=1S/C24H15FN4O5/c25-15-4-6-16(7-5-15)28-23(31)19-18-10-13(12-26)8-9-27(18)21(20(19)24(28)32)22(30)14-2-1-3-17(11-14)29(33)34/h1-11,18-21H. The van der Waals surface area contributed by atoms with E-state index in [9.17, 15) is 34.2 Å². The van der Waals surface area contributed by atoms with Gasteiger partial charge in [0.2, 0.25) is 11.8 Å². The maximum absolute atomic E-state index is 13.6. The Balaban J connectivity index is 1.60. The highest BCUT2D eigenvalue weighted by Gasteiger charge is 2.63. The molecule has 0 radical (unpaired) electrons. The molecule has 2 aromatic rings. The first kappa shape index (κ1) is 21.2. The number of non-ortho nitro benzene ring substituents is 1. The first-order valence-corrected chi connectivity index (χ1v) is 10.3. The molecule has 0 bridgehead atoms. The van der Waals surface area contributed by atoms with Crippen LogP contribution in [0.4, 0.5) is 15.8 Å². The van der Waals surface area contributed by atoms with Gasteiger partial charge in [0.05, 0.1) is 40.1 Å². The van der Waals surface area contributed by atoms with Crippen molar-refractivity contribution in [3.05, 3.63) is 94.0 Å². The normalized spacial score (nSPS) is 25.0. The van der Waals surface area contributed by atoms with Crippen LogP contribution in [0, 0.1) is 39.1 Å². The van der Waals surface area contributed by atoms with Gasteiger partial charge in [0, 0.05) is 23.9 Å². The van der Waals surface area contributed by atoms with E-state index in [2.05, 4.69) is 0 Å². The number of fused-ring (bicyclic) bond motifs is 3. The number of carbonyl (C=O) groups is 3. The highest BCUT2D eigenvalue weighted by Crippen LogP contribution is 2.47. The van der Waals surface area contributed by atoms with Gasteiger partial charge in [-0.05, 0) is 36.4 Å². The number of halogens is 1. The van der Waals surface area contributed by atoms with Gasteiger partial charge in [0.15, 0.2) is 5.78 Å². The predicted molar refractivity (Wildman–Crippen MR) is 116 cm³/mol. The number of nitro benzene ring substituents is 1. The molecule has 2 fully saturated rings. The summed E-state index contributed by atoms with van der Waals surface area (Å²) in [5.41, 5.74) is 0.209. The first-order valence-electron chi connectivity index (χ1n) is 10.3. The van der Waals surface area contributed by atoms with Crippen molar-refractivity contribution in [1.29, 1.82) is 5.26 Å². The fraction of sp³-hybridized carbons (Fsp3) is 0.167. The number of rotatable bonds is 4. The summed E-state index contributed by atoms with van der Waals surface area (Å²) in [5.74, 6) is -4.32. The minimum atomic E-state index is -1.12. The summed E-state index contributed by atoms with van der Waals surface area (Å²) in [6.07, 6.45) is 4.53. The molecule has 2 aromatic carbocycles. The van der Waals surface area contributed by atoms with Gasteiger partial charge in [0.1, 0.15) is 11.9 Å². The van der Waals surface area contributed by atoms with Gasteiger partial charge < -0.3 is 4.90 Å².